The van der Waals surface area contributed by atoms with Crippen LogP contribution in [0.4, 0.5) is 11.4 Å². The highest BCUT2D eigenvalue weighted by Crippen LogP contribution is 2.30. The lowest BCUT2D eigenvalue weighted by molar-refractivity contribution is 0.102. The number of para-hydroxylation sites is 2. The molecule has 0 aliphatic carbocycles. The van der Waals surface area contributed by atoms with Crippen LogP contribution < -0.4 is 16.0 Å². The number of nitrogens with two attached hydrogens (primary N) is 1. The van der Waals surface area contributed by atoms with Gasteiger partial charge in [-0.05, 0) is 61.2 Å². The van der Waals surface area contributed by atoms with Gasteiger partial charge in [-0.3, -0.25) is 4.79 Å². The van der Waals surface area contributed by atoms with Crippen molar-refractivity contribution in [1.82, 2.24) is 14.6 Å². The van der Waals surface area contributed by atoms with E-state index in [1.54, 1.807) is 23.0 Å². The Morgan fingerprint density at radius 3 is 2.91 bits per heavy atom. The Kier molecular flexibility index (Phi) is 5.98. The van der Waals surface area contributed by atoms with Crippen LogP contribution in [0.2, 0.25) is 5.02 Å². The Morgan fingerprint density at radius 2 is 2.06 bits per heavy atom. The smallest absolute Gasteiger partial charge is 0.274 e. The molecule has 1 aliphatic rings. The van der Waals surface area contributed by atoms with E-state index in [0.717, 1.165) is 48.4 Å². The summed E-state index contributed by atoms with van der Waals surface area (Å²) in [5.41, 5.74) is 10.3. The molecule has 7 nitrogen and oxygen atoms in total. The third-order valence-electron chi connectivity index (χ3n) is 6.08. The standard InChI is InChI=1S/C25H25ClN6O/c26-19-7-3-6-18(13-19)20-15-28-32-12-10-22(29-24(20)32)25(33)30-21-8-1-2-9-23(21)31-11-4-5-17(14-27)16-31/h1-3,6-10,12-13,15,17H,4-5,11,14,16,27H2,(H,30,33). The van der Waals surface area contributed by atoms with Gasteiger partial charge in [-0.15, -0.1) is 0 Å². The third-order valence-corrected chi connectivity index (χ3v) is 6.32. The molecular weight excluding hydrogens is 436 g/mol. The van der Waals surface area contributed by atoms with E-state index >= 15 is 0 Å². The van der Waals surface area contributed by atoms with Crippen LogP contribution in [0.1, 0.15) is 23.3 Å². The molecule has 1 amide bonds. The molecule has 1 unspecified atom stereocenters. The summed E-state index contributed by atoms with van der Waals surface area (Å²) in [6, 6.07) is 17.1. The topological polar surface area (TPSA) is 88.5 Å². The van der Waals surface area contributed by atoms with Crippen LogP contribution in [0.5, 0.6) is 0 Å². The molecule has 3 N–H and O–H groups in total. The average Bonchev–Trinajstić information content (AvgIpc) is 3.28. The summed E-state index contributed by atoms with van der Waals surface area (Å²) in [7, 11) is 0. The van der Waals surface area contributed by atoms with Crippen molar-refractivity contribution in [2.75, 3.05) is 29.9 Å². The number of hydrogen-bond donors (Lipinski definition) is 2. The number of hydrogen-bond acceptors (Lipinski definition) is 5. The van der Waals surface area contributed by atoms with Crippen LogP contribution >= 0.6 is 11.6 Å². The zero-order chi connectivity index (χ0) is 22.8. The van der Waals surface area contributed by atoms with Gasteiger partial charge in [-0.2, -0.15) is 5.10 Å². The first kappa shape index (κ1) is 21.4. The second-order valence-corrected chi connectivity index (χ2v) is 8.75. The van der Waals surface area contributed by atoms with E-state index < -0.39 is 0 Å². The zero-order valence-electron chi connectivity index (χ0n) is 18.1. The van der Waals surface area contributed by atoms with Gasteiger partial charge in [0.15, 0.2) is 5.65 Å². The number of rotatable bonds is 5. The predicted molar refractivity (Wildman–Crippen MR) is 132 cm³/mol. The summed E-state index contributed by atoms with van der Waals surface area (Å²) in [6.07, 6.45) is 5.71. The number of fused-ring (bicyclic) bond motifs is 1. The Balaban J connectivity index is 1.43. The SMILES string of the molecule is NCC1CCCN(c2ccccc2NC(=O)c2ccn3ncc(-c4cccc(Cl)c4)c3n2)C1. The molecule has 2 aromatic carbocycles. The number of piperidine rings is 1. The van der Waals surface area contributed by atoms with Crippen LogP contribution in [-0.2, 0) is 0 Å². The number of carbonyl (C=O) groups is 1. The van der Waals surface area contributed by atoms with E-state index in [9.17, 15) is 4.79 Å². The van der Waals surface area contributed by atoms with Gasteiger partial charge in [-0.25, -0.2) is 9.50 Å². The summed E-state index contributed by atoms with van der Waals surface area (Å²) in [6.45, 7) is 2.52. The molecule has 33 heavy (non-hydrogen) atoms. The molecule has 0 saturated carbocycles. The zero-order valence-corrected chi connectivity index (χ0v) is 18.9. The number of nitrogens with zero attached hydrogens (tertiary/aromatic N) is 4. The van der Waals surface area contributed by atoms with Crippen molar-refractivity contribution in [2.24, 2.45) is 11.7 Å². The molecule has 0 bridgehead atoms. The lowest BCUT2D eigenvalue weighted by Gasteiger charge is -2.35. The van der Waals surface area contributed by atoms with Gasteiger partial charge in [0.25, 0.3) is 5.91 Å². The molecule has 0 spiro atoms. The molecule has 5 rings (SSSR count). The van der Waals surface area contributed by atoms with Gasteiger partial charge in [0.05, 0.1) is 17.6 Å². The fourth-order valence-corrected chi connectivity index (χ4v) is 4.56. The average molecular weight is 461 g/mol. The van der Waals surface area contributed by atoms with Crippen LogP contribution in [0, 0.1) is 5.92 Å². The molecule has 4 aromatic rings. The van der Waals surface area contributed by atoms with Crippen LogP contribution in [0.15, 0.2) is 67.0 Å². The summed E-state index contributed by atoms with van der Waals surface area (Å²) < 4.78 is 1.65. The lowest BCUT2D eigenvalue weighted by Crippen LogP contribution is -2.38. The molecule has 2 aromatic heterocycles. The quantitative estimate of drug-likeness (QED) is 0.458. The Bertz CT molecular complexity index is 1300. The maximum atomic E-state index is 13.2. The summed E-state index contributed by atoms with van der Waals surface area (Å²) in [5.74, 6) is 0.203. The largest absolute Gasteiger partial charge is 0.370 e. The lowest BCUT2D eigenvalue weighted by atomic mass is 9.97. The molecule has 0 radical (unpaired) electrons. The molecule has 1 saturated heterocycles. The van der Waals surface area contributed by atoms with E-state index in [-0.39, 0.29) is 5.91 Å². The van der Waals surface area contributed by atoms with E-state index in [1.165, 1.54) is 0 Å². The molecule has 1 fully saturated rings. The summed E-state index contributed by atoms with van der Waals surface area (Å²) in [5, 5.41) is 8.05. The van der Waals surface area contributed by atoms with Gasteiger partial charge in [-0.1, -0.05) is 35.9 Å². The highest BCUT2D eigenvalue weighted by Gasteiger charge is 2.22. The van der Waals surface area contributed by atoms with Crippen molar-refractivity contribution in [3.8, 4) is 11.1 Å². The first-order valence-electron chi connectivity index (χ1n) is 11.1. The normalized spacial score (nSPS) is 16.2. The Labute approximate surface area is 197 Å². The van der Waals surface area contributed by atoms with Crippen LogP contribution in [0.3, 0.4) is 0 Å². The number of halogens is 1. The number of anilines is 2. The molecule has 168 valence electrons. The molecule has 8 heteroatoms. The third kappa shape index (κ3) is 4.42. The number of carbonyl (C=O) groups excluding carboxylic acids is 1. The fourth-order valence-electron chi connectivity index (χ4n) is 4.37. The first-order chi connectivity index (χ1) is 16.1. The number of aromatic nitrogens is 3. The van der Waals surface area contributed by atoms with E-state index in [4.69, 9.17) is 17.3 Å². The van der Waals surface area contributed by atoms with Crippen molar-refractivity contribution in [2.45, 2.75) is 12.8 Å². The second kappa shape index (κ2) is 9.21. The summed E-state index contributed by atoms with van der Waals surface area (Å²) in [4.78, 5) is 20.1. The highest BCUT2D eigenvalue weighted by atomic mass is 35.5. The van der Waals surface area contributed by atoms with Crippen molar-refractivity contribution in [3.63, 3.8) is 0 Å². The van der Waals surface area contributed by atoms with Gasteiger partial charge in [0, 0.05) is 29.9 Å². The minimum Gasteiger partial charge on any atom is -0.370 e. The summed E-state index contributed by atoms with van der Waals surface area (Å²) >= 11 is 6.16. The van der Waals surface area contributed by atoms with Gasteiger partial charge < -0.3 is 16.0 Å². The molecule has 1 atom stereocenters. The minimum absolute atomic E-state index is 0.268. The predicted octanol–water partition coefficient (Wildman–Crippen LogP) is 4.48. The van der Waals surface area contributed by atoms with E-state index in [0.29, 0.717) is 28.8 Å². The van der Waals surface area contributed by atoms with E-state index in [2.05, 4.69) is 20.3 Å². The van der Waals surface area contributed by atoms with Crippen molar-refractivity contribution >= 4 is 34.5 Å². The maximum Gasteiger partial charge on any atom is 0.274 e. The van der Waals surface area contributed by atoms with Crippen molar-refractivity contribution < 1.29 is 4.79 Å². The fraction of sp³-hybridized carbons (Fsp3) is 0.240. The van der Waals surface area contributed by atoms with E-state index in [1.807, 2.05) is 48.5 Å². The number of benzene rings is 2. The van der Waals surface area contributed by atoms with Crippen LogP contribution in [0.25, 0.3) is 16.8 Å². The minimum atomic E-state index is -0.268. The second-order valence-electron chi connectivity index (χ2n) is 8.31. The van der Waals surface area contributed by atoms with Gasteiger partial charge in [0.1, 0.15) is 5.69 Å². The Hall–Kier alpha value is -3.42. The Morgan fingerprint density at radius 1 is 1.18 bits per heavy atom. The van der Waals surface area contributed by atoms with Crippen LogP contribution in [-0.4, -0.2) is 40.1 Å². The molecule has 3 heterocycles. The number of nitrogens with one attached hydrogen (secondary N) is 1. The first-order valence-corrected chi connectivity index (χ1v) is 11.5. The monoisotopic (exact) mass is 460 g/mol. The maximum absolute atomic E-state index is 13.2. The molecular formula is C25H25ClN6O. The number of amides is 1. The van der Waals surface area contributed by atoms with Crippen molar-refractivity contribution in [1.29, 1.82) is 0 Å². The van der Waals surface area contributed by atoms with Crippen molar-refractivity contribution in [3.05, 3.63) is 77.7 Å². The molecule has 1 aliphatic heterocycles. The van der Waals surface area contributed by atoms with Gasteiger partial charge >= 0.3 is 0 Å². The van der Waals surface area contributed by atoms with Gasteiger partial charge in [0.2, 0.25) is 0 Å². The highest BCUT2D eigenvalue weighted by molar-refractivity contribution is 6.30.